The van der Waals surface area contributed by atoms with Crippen LogP contribution in [0.5, 0.6) is 0 Å². The second-order valence-electron chi connectivity index (χ2n) is 7.74. The molecule has 8 nitrogen and oxygen atoms in total. The second-order valence-corrected chi connectivity index (χ2v) is 9.51. The topological polar surface area (TPSA) is 115 Å². The van der Waals surface area contributed by atoms with Crippen molar-refractivity contribution in [2.24, 2.45) is 0 Å². The molecule has 2 N–H and O–H groups in total. The maximum atomic E-state index is 12.5. The number of hydrogen-bond acceptors (Lipinski definition) is 6. The number of amides is 1. The lowest BCUT2D eigenvalue weighted by atomic mass is 10.0. The highest BCUT2D eigenvalue weighted by molar-refractivity contribution is 7.89. The quantitative estimate of drug-likeness (QED) is 0.483. The van der Waals surface area contributed by atoms with Gasteiger partial charge in [-0.15, -0.1) is 0 Å². The molecule has 174 valence electrons. The smallest absolute Gasteiger partial charge is 0.338 e. The minimum atomic E-state index is -3.79. The zero-order valence-electron chi connectivity index (χ0n) is 18.8. The third-order valence-electron chi connectivity index (χ3n) is 5.00. The molecule has 0 saturated carbocycles. The highest BCUT2D eigenvalue weighted by Gasteiger charge is 2.21. The Hall–Kier alpha value is -3.43. The van der Waals surface area contributed by atoms with E-state index in [1.54, 1.807) is 12.1 Å². The molecule has 0 aliphatic rings. The average molecular weight is 471 g/mol. The van der Waals surface area contributed by atoms with Gasteiger partial charge in [-0.25, -0.2) is 17.9 Å². The Morgan fingerprint density at radius 2 is 1.67 bits per heavy atom. The summed E-state index contributed by atoms with van der Waals surface area (Å²) in [4.78, 5) is 25.0. The van der Waals surface area contributed by atoms with Gasteiger partial charge in [0.2, 0.25) is 10.0 Å². The summed E-state index contributed by atoms with van der Waals surface area (Å²) in [7, 11) is -3.79. The van der Waals surface area contributed by atoms with Crippen molar-refractivity contribution in [3.8, 4) is 0 Å². The van der Waals surface area contributed by atoms with Crippen molar-refractivity contribution < 1.29 is 27.2 Å². The Kier molecular flexibility index (Phi) is 7.35. The van der Waals surface area contributed by atoms with E-state index in [1.165, 1.54) is 37.5 Å². The largest absolute Gasteiger partial charge is 0.468 e. The number of anilines is 1. The van der Waals surface area contributed by atoms with Gasteiger partial charge in [0.15, 0.2) is 6.10 Å². The van der Waals surface area contributed by atoms with E-state index in [9.17, 15) is 18.0 Å². The van der Waals surface area contributed by atoms with Crippen molar-refractivity contribution in [3.05, 3.63) is 82.8 Å². The number of sulfonamides is 1. The number of hydrogen-bond donors (Lipinski definition) is 2. The van der Waals surface area contributed by atoms with E-state index in [0.29, 0.717) is 11.4 Å². The van der Waals surface area contributed by atoms with Gasteiger partial charge in [-0.3, -0.25) is 4.79 Å². The van der Waals surface area contributed by atoms with Gasteiger partial charge in [0.1, 0.15) is 5.76 Å². The monoisotopic (exact) mass is 470 g/mol. The van der Waals surface area contributed by atoms with Crippen LogP contribution < -0.4 is 10.0 Å². The van der Waals surface area contributed by atoms with Gasteiger partial charge >= 0.3 is 5.97 Å². The number of furan rings is 1. The molecule has 2 aromatic carbocycles. The van der Waals surface area contributed by atoms with E-state index in [2.05, 4.69) is 10.0 Å². The van der Waals surface area contributed by atoms with Gasteiger partial charge < -0.3 is 14.5 Å². The SMILES string of the molecule is Cc1cc(C)c(NC(=O)C(C)OC(=O)c2ccc(S(=O)(=O)NCc3ccco3)cc2)c(C)c1. The number of nitrogens with one attached hydrogen (secondary N) is 2. The molecule has 0 aliphatic carbocycles. The lowest BCUT2D eigenvalue weighted by Gasteiger charge is -2.17. The predicted molar refractivity (Wildman–Crippen MR) is 123 cm³/mol. The van der Waals surface area contributed by atoms with Crippen LogP contribution in [0.25, 0.3) is 0 Å². The van der Waals surface area contributed by atoms with Crippen LogP contribution in [0.4, 0.5) is 5.69 Å². The average Bonchev–Trinajstić information content (AvgIpc) is 3.28. The van der Waals surface area contributed by atoms with Crippen molar-refractivity contribution >= 4 is 27.6 Å². The molecule has 3 rings (SSSR count). The second kappa shape index (κ2) is 10.0. The van der Waals surface area contributed by atoms with Crippen LogP contribution in [-0.4, -0.2) is 26.4 Å². The summed E-state index contributed by atoms with van der Waals surface area (Å²) < 4.78 is 37.6. The van der Waals surface area contributed by atoms with Gasteiger partial charge in [0.25, 0.3) is 5.91 Å². The van der Waals surface area contributed by atoms with Crippen LogP contribution in [0.1, 0.15) is 39.7 Å². The first kappa shape index (κ1) is 24.2. The zero-order valence-corrected chi connectivity index (χ0v) is 19.7. The summed E-state index contributed by atoms with van der Waals surface area (Å²) >= 11 is 0. The van der Waals surface area contributed by atoms with Gasteiger partial charge in [-0.05, 0) is 75.2 Å². The van der Waals surface area contributed by atoms with E-state index in [4.69, 9.17) is 9.15 Å². The number of esters is 1. The van der Waals surface area contributed by atoms with E-state index >= 15 is 0 Å². The van der Waals surface area contributed by atoms with Crippen molar-refractivity contribution in [3.63, 3.8) is 0 Å². The van der Waals surface area contributed by atoms with Crippen LogP contribution in [0.3, 0.4) is 0 Å². The van der Waals surface area contributed by atoms with Crippen LogP contribution in [-0.2, 0) is 26.1 Å². The molecule has 1 aromatic heterocycles. The summed E-state index contributed by atoms with van der Waals surface area (Å²) in [6.07, 6.45) is 0.407. The summed E-state index contributed by atoms with van der Waals surface area (Å²) in [5.74, 6) is -0.718. The summed E-state index contributed by atoms with van der Waals surface area (Å²) in [5.41, 5.74) is 3.73. The number of carbonyl (C=O) groups is 2. The first-order valence-corrected chi connectivity index (χ1v) is 11.8. The number of ether oxygens (including phenoxy) is 1. The maximum absolute atomic E-state index is 12.5. The van der Waals surface area contributed by atoms with E-state index in [1.807, 2.05) is 32.9 Å². The minimum absolute atomic E-state index is 0.00564. The summed E-state index contributed by atoms with van der Waals surface area (Å²) in [5, 5.41) is 2.81. The van der Waals surface area contributed by atoms with Crippen molar-refractivity contribution in [2.75, 3.05) is 5.32 Å². The molecule has 3 aromatic rings. The van der Waals surface area contributed by atoms with Crippen LogP contribution in [0.2, 0.25) is 0 Å². The lowest BCUT2D eigenvalue weighted by Crippen LogP contribution is -2.30. The van der Waals surface area contributed by atoms with Gasteiger partial charge in [0, 0.05) is 5.69 Å². The third-order valence-corrected chi connectivity index (χ3v) is 6.41. The van der Waals surface area contributed by atoms with Crippen molar-refractivity contribution in [2.45, 2.75) is 45.2 Å². The van der Waals surface area contributed by atoms with Crippen LogP contribution >= 0.6 is 0 Å². The molecule has 9 heteroatoms. The lowest BCUT2D eigenvalue weighted by molar-refractivity contribution is -0.123. The summed E-state index contributed by atoms with van der Waals surface area (Å²) in [6.45, 7) is 7.24. The van der Waals surface area contributed by atoms with Crippen molar-refractivity contribution in [1.29, 1.82) is 0 Å². The normalized spacial score (nSPS) is 12.2. The van der Waals surface area contributed by atoms with Crippen molar-refractivity contribution in [1.82, 2.24) is 4.72 Å². The highest BCUT2D eigenvalue weighted by atomic mass is 32.2. The standard InChI is InChI=1S/C24H26N2O6S/c1-15-12-16(2)22(17(3)13-15)26-23(27)18(4)32-24(28)19-7-9-21(10-8-19)33(29,30)25-14-20-6-5-11-31-20/h5-13,18,25H,14H2,1-4H3,(H,26,27). The Labute approximate surface area is 193 Å². The molecule has 0 saturated heterocycles. The molecule has 0 bridgehead atoms. The Morgan fingerprint density at radius 1 is 1.03 bits per heavy atom. The molecule has 0 radical (unpaired) electrons. The number of rotatable bonds is 8. The fraction of sp³-hybridized carbons (Fsp3) is 0.250. The Balaban J connectivity index is 1.61. The van der Waals surface area contributed by atoms with E-state index < -0.39 is 28.0 Å². The maximum Gasteiger partial charge on any atom is 0.338 e. The molecule has 0 aliphatic heterocycles. The van der Waals surface area contributed by atoms with Gasteiger partial charge in [-0.1, -0.05) is 17.7 Å². The molecule has 0 fully saturated rings. The summed E-state index contributed by atoms with van der Waals surface area (Å²) in [6, 6.07) is 12.5. The first-order valence-electron chi connectivity index (χ1n) is 10.3. The molecule has 0 spiro atoms. The highest BCUT2D eigenvalue weighted by Crippen LogP contribution is 2.22. The minimum Gasteiger partial charge on any atom is -0.468 e. The zero-order chi connectivity index (χ0) is 24.2. The van der Waals surface area contributed by atoms with Crippen LogP contribution in [0.15, 0.2) is 64.1 Å². The fourth-order valence-corrected chi connectivity index (χ4v) is 4.31. The molecular formula is C24H26N2O6S. The number of benzene rings is 2. The van der Waals surface area contributed by atoms with E-state index in [0.717, 1.165) is 16.7 Å². The van der Waals surface area contributed by atoms with Gasteiger partial charge in [0.05, 0.1) is 23.3 Å². The number of carbonyl (C=O) groups excluding carboxylic acids is 2. The molecule has 1 unspecified atom stereocenters. The Morgan fingerprint density at radius 3 is 2.24 bits per heavy atom. The molecule has 33 heavy (non-hydrogen) atoms. The van der Waals surface area contributed by atoms with Gasteiger partial charge in [-0.2, -0.15) is 0 Å². The van der Waals surface area contributed by atoms with Crippen LogP contribution in [0, 0.1) is 20.8 Å². The Bertz CT molecular complexity index is 1230. The fourth-order valence-electron chi connectivity index (χ4n) is 3.32. The molecular weight excluding hydrogens is 444 g/mol. The predicted octanol–water partition coefficient (Wildman–Crippen LogP) is 3.87. The van der Waals surface area contributed by atoms with E-state index in [-0.39, 0.29) is 17.0 Å². The first-order chi connectivity index (χ1) is 15.6. The third kappa shape index (κ3) is 6.09. The number of aryl methyl sites for hydroxylation is 3. The molecule has 1 atom stereocenters. The molecule has 1 amide bonds. The molecule has 1 heterocycles.